The van der Waals surface area contributed by atoms with Gasteiger partial charge in [0.25, 0.3) is 0 Å². The van der Waals surface area contributed by atoms with Gasteiger partial charge >= 0.3 is 36.1 Å². The standard InChI is InChI=1S/C32H43ClN4O7S.C30H37ClN4O7S.C16H15ClO4.C16H30N4O4S.C11H18N2O3/c1-20(18-23-27(33)30(44-3)22-13-7-6-12-21(22)29(23)43-2)31(39)35-17-11-5-4-10-16-34-26(38)15-9-8-14-25-28-24(19-45(25,41)42)36-32(40)37-28;1-18(16-21-25(31)28(38)20-11-5-4-10-19(20)27(21)37)29(39)33-15-9-3-2-8-14-32-24(36)13-7-6-12-23-26-22(17-43(23,41)42)34-30(40)35-26;1-9(16(18)19)8-12-13(17)15(21-3)11-7-5-4-6-10(11)14(12)20-2;17-9-5-1-2-6-10-18-14(21)8-4-3-7-13-15-12(11-25(13,23)24)19-16(22)20-15;14-9(15)4-2-1-3-7-5-6-8-10(7)13-11(16)12-8/h6-7,12-13,18,24-25,28H,4-5,8-11,14-17,19H2,1-3H3,(H,34,38)(H,35,39)(H2,36,37,40);4-5,10-11,16,22-23,26H,2-3,6-9,12-15,17H2,1H3,(H,32,36)(H,33,39)(H2,34,35,40);4-8H,1-3H3,(H,18,19);12-13,15H,1-11,17H2,(H,18,21)(H2,19,20,22);7-8,10H,1-6H2,(H,14,15)(H2,12,13,16)/b20-18+;18-16+;9-8+;;. The van der Waals surface area contributed by atoms with Gasteiger partial charge in [0, 0.05) is 124 Å². The molecule has 8 fully saturated rings. The highest BCUT2D eigenvalue weighted by atomic mass is 35.5. The van der Waals surface area contributed by atoms with Crippen LogP contribution < -0.4 is 93.8 Å². The van der Waals surface area contributed by atoms with Gasteiger partial charge in [0.2, 0.25) is 35.3 Å². The predicted octanol–water partition coefficient (Wildman–Crippen LogP) is 11.9. The quantitative estimate of drug-likeness (QED) is 0.00977. The Morgan fingerprint density at radius 2 is 0.693 bits per heavy atom. The Morgan fingerprint density at radius 3 is 1.06 bits per heavy atom. The van der Waals surface area contributed by atoms with Crippen molar-refractivity contribution in [1.82, 2.24) is 69.1 Å². The molecule has 0 bridgehead atoms. The highest BCUT2D eigenvalue weighted by molar-refractivity contribution is 7.93. The summed E-state index contributed by atoms with van der Waals surface area (Å²) in [7, 11) is -3.51. The maximum atomic E-state index is 12.8. The van der Waals surface area contributed by atoms with Crippen molar-refractivity contribution in [2.45, 2.75) is 277 Å². The predicted molar refractivity (Wildman–Crippen MR) is 574 cm³/mol. The maximum absolute atomic E-state index is 12.8. The van der Waals surface area contributed by atoms with Crippen LogP contribution in [-0.4, -0.2) is 262 Å². The van der Waals surface area contributed by atoms with Gasteiger partial charge in [-0.3, -0.25) is 38.4 Å². The van der Waals surface area contributed by atoms with Gasteiger partial charge < -0.3 is 104 Å². The summed E-state index contributed by atoms with van der Waals surface area (Å²) in [5.41, 5.74) is 7.96. The normalized spacial score (nSPS) is 22.0. The Balaban J connectivity index is 0.000000201. The van der Waals surface area contributed by atoms with E-state index in [2.05, 4.69) is 69.1 Å². The van der Waals surface area contributed by atoms with Gasteiger partial charge in [0.15, 0.2) is 35.3 Å². The van der Waals surface area contributed by atoms with Gasteiger partial charge in [-0.1, -0.05) is 172 Å². The minimum Gasteiger partial charge on any atom is -0.495 e. The first-order valence-electron chi connectivity index (χ1n) is 51.4. The number of allylic oxidation sites excluding steroid dienone is 3. The molecule has 1 saturated carbocycles. The number of ether oxygens (including phenoxy) is 4. The van der Waals surface area contributed by atoms with Crippen LogP contribution in [0, 0.1) is 5.92 Å². The van der Waals surface area contributed by atoms with E-state index in [0.29, 0.717) is 178 Å². The second-order valence-corrected chi connectivity index (χ2v) is 46.7. The van der Waals surface area contributed by atoms with Crippen LogP contribution in [0.2, 0.25) is 10.0 Å². The number of hydrogen-bond acceptors (Lipinski definition) is 24. The molecule has 9 aliphatic rings. The zero-order valence-electron chi connectivity index (χ0n) is 85.9. The number of benzene rings is 5. The van der Waals surface area contributed by atoms with Crippen LogP contribution in [0.25, 0.3) is 33.7 Å². The maximum Gasteiger partial charge on any atom is 0.331 e. The van der Waals surface area contributed by atoms with Crippen molar-refractivity contribution in [2.24, 2.45) is 11.7 Å². The van der Waals surface area contributed by atoms with E-state index < -0.39 is 74.8 Å². The number of ketones is 2. The number of nitrogens with two attached hydrogens (primary N) is 1. The average Bonchev–Trinajstić information content (AvgIpc) is 1.66. The molecule has 5 aromatic rings. The SMILES string of the molecule is C/C(=C\C1=C(Cl)C(=O)c2ccccc2C1=O)C(=O)NCCCCCCNC(=O)CCCCC1C2NC(=O)NC2CS1(=O)=O.COc1c(Cl)c(/C=C(\C)C(=O)NCCCCCCNC(=O)CCCCC2C3NC(=O)NC3CS2(=O)=O)c(OC)c2ccccc12.COc1c(Cl)c(/C=C(\C)C(=O)O)c(OC)c2ccccc12.NCCCCCCNC(=O)CCCCC1C2NC(=O)NC2CS1(=O)=O.O=C(O)CCCCC1CCC2NC(=O)NC12. The van der Waals surface area contributed by atoms with E-state index >= 15 is 0 Å². The van der Waals surface area contributed by atoms with Crippen molar-refractivity contribution < 1.29 is 117 Å². The lowest BCUT2D eigenvalue weighted by atomic mass is 9.88. The number of carboxylic acid groups (broad SMARTS) is 2. The van der Waals surface area contributed by atoms with E-state index in [1.165, 1.54) is 33.3 Å². The molecule has 7 saturated heterocycles. The van der Waals surface area contributed by atoms with Gasteiger partial charge in [-0.05, 0) is 154 Å². The number of aliphatic carboxylic acids is 2. The highest BCUT2D eigenvalue weighted by Crippen LogP contribution is 2.47. The zero-order chi connectivity index (χ0) is 109. The van der Waals surface area contributed by atoms with Crippen LogP contribution in [0.4, 0.5) is 19.2 Å². The molecule has 13 amide bonds. The van der Waals surface area contributed by atoms with E-state index in [1.54, 1.807) is 58.4 Å². The summed E-state index contributed by atoms with van der Waals surface area (Å²) in [6, 6.07) is 19.0. The first kappa shape index (κ1) is 120. The summed E-state index contributed by atoms with van der Waals surface area (Å²) in [6.45, 7) is 8.27. The molecule has 822 valence electrons. The number of methoxy groups -OCH3 is 4. The number of halogens is 3. The molecule has 12 atom stereocenters. The first-order valence-corrected chi connectivity index (χ1v) is 57.7. The number of carbonyl (C=O) groups is 13. The van der Waals surface area contributed by atoms with Gasteiger partial charge in [-0.2, -0.15) is 0 Å². The number of rotatable bonds is 50. The fourth-order valence-corrected chi connectivity index (χ4v) is 28.0. The molecule has 0 spiro atoms. The van der Waals surface area contributed by atoms with Crippen LogP contribution in [0.3, 0.4) is 0 Å². The van der Waals surface area contributed by atoms with Crippen LogP contribution in [-0.2, 0) is 63.1 Å². The molecule has 2 aliphatic carbocycles. The monoisotopic (exact) mass is 2200 g/mol. The zero-order valence-corrected chi connectivity index (χ0v) is 90.6. The van der Waals surface area contributed by atoms with Crippen molar-refractivity contribution in [3.8, 4) is 23.0 Å². The third-order valence-corrected chi connectivity index (χ3v) is 36.1. The summed E-state index contributed by atoms with van der Waals surface area (Å²) >= 11 is 19.2. The number of carbonyl (C=O) groups excluding carboxylic acids is 11. The second-order valence-electron chi connectivity index (χ2n) is 38.8. The van der Waals surface area contributed by atoms with Crippen LogP contribution in [0.5, 0.6) is 23.0 Å². The molecule has 14 rings (SSSR count). The molecule has 12 unspecified atom stereocenters. The van der Waals surface area contributed by atoms with Crippen LogP contribution in [0.1, 0.15) is 245 Å². The molecular weight excluding hydrogens is 2060 g/mol. The van der Waals surface area contributed by atoms with Gasteiger partial charge in [0.05, 0.1) is 125 Å². The summed E-state index contributed by atoms with van der Waals surface area (Å²) < 4.78 is 95.9. The van der Waals surface area contributed by atoms with E-state index in [4.69, 9.17) is 69.7 Å². The third-order valence-electron chi connectivity index (χ3n) is 28.1. The minimum absolute atomic E-state index is 0.00567. The Labute approximate surface area is 890 Å². The lowest BCUT2D eigenvalue weighted by Gasteiger charge is -2.17. The number of unbranched alkanes of at least 4 members (excludes halogenated alkanes) is 13. The largest absolute Gasteiger partial charge is 0.495 e. The van der Waals surface area contributed by atoms with E-state index in [9.17, 15) is 87.6 Å². The van der Waals surface area contributed by atoms with E-state index in [1.807, 2.05) is 48.5 Å². The number of amides is 13. The average molecular weight is 2200 g/mol. The van der Waals surface area contributed by atoms with Crippen LogP contribution in [0.15, 0.2) is 106 Å². The smallest absolute Gasteiger partial charge is 0.331 e. The molecule has 7 heterocycles. The Hall–Kier alpha value is -11.8. The molecular formula is C105H143Cl3N14O25S3. The second kappa shape index (κ2) is 58.1. The molecule has 17 N–H and O–H groups in total. The Kier molecular flexibility index (Phi) is 46.5. The third kappa shape index (κ3) is 33.3. The number of hydrogen-bond donors (Lipinski definition) is 16. The van der Waals surface area contributed by atoms with Crippen LogP contribution >= 0.6 is 34.8 Å². The van der Waals surface area contributed by atoms with E-state index in [0.717, 1.165) is 131 Å². The van der Waals surface area contributed by atoms with Gasteiger partial charge in [0.1, 0.15) is 23.0 Å². The lowest BCUT2D eigenvalue weighted by molar-refractivity contribution is -0.137. The Bertz CT molecular complexity index is 6210. The number of carboxylic acids is 2. The van der Waals surface area contributed by atoms with Crippen molar-refractivity contribution in [3.05, 3.63) is 138 Å². The van der Waals surface area contributed by atoms with Gasteiger partial charge in [-0.25, -0.2) is 49.2 Å². The number of sulfone groups is 3. The Morgan fingerprint density at radius 1 is 0.373 bits per heavy atom. The fraction of sp³-hybridized carbons (Fsp3) is 0.552. The van der Waals surface area contributed by atoms with Crippen molar-refractivity contribution in [3.63, 3.8) is 0 Å². The van der Waals surface area contributed by atoms with Crippen molar-refractivity contribution in [2.75, 3.05) is 85.0 Å². The van der Waals surface area contributed by atoms with Crippen molar-refractivity contribution in [1.29, 1.82) is 0 Å². The molecule has 0 radical (unpaired) electrons. The molecule has 5 aromatic carbocycles. The molecule has 7 aliphatic heterocycles. The summed E-state index contributed by atoms with van der Waals surface area (Å²) in [6.07, 6.45) is 26.6. The lowest BCUT2D eigenvalue weighted by Crippen LogP contribution is -2.39. The summed E-state index contributed by atoms with van der Waals surface area (Å²) in [5, 5.41) is 56.0. The van der Waals surface area contributed by atoms with E-state index in [-0.39, 0.29) is 146 Å². The summed E-state index contributed by atoms with van der Waals surface area (Å²) in [4.78, 5) is 154. The number of Topliss-reactive ketones (excluding diaryl/α,β-unsaturated/α-hetero) is 2. The van der Waals surface area contributed by atoms with Crippen molar-refractivity contribution >= 4 is 175 Å². The van der Waals surface area contributed by atoms with Gasteiger partial charge in [-0.15, -0.1) is 0 Å². The number of urea groups is 4. The molecule has 150 heavy (non-hydrogen) atoms. The topological polar surface area (TPSA) is 584 Å². The minimum atomic E-state index is -3.26. The number of nitrogens with one attached hydrogen (secondary N) is 13. The number of fused-ring (bicyclic) bond motifs is 7. The highest BCUT2D eigenvalue weighted by Gasteiger charge is 2.54. The molecule has 39 nitrogen and oxygen atoms in total. The molecule has 45 heteroatoms. The molecule has 0 aromatic heterocycles. The first-order chi connectivity index (χ1) is 71.7. The fourth-order valence-electron chi connectivity index (χ4n) is 20.4. The summed E-state index contributed by atoms with van der Waals surface area (Å²) in [5.74, 6) is -0.637.